The molecule has 0 unspecified atom stereocenters. The van der Waals surface area contributed by atoms with Crippen LogP contribution in [0.5, 0.6) is 0 Å². The van der Waals surface area contributed by atoms with Crippen molar-refractivity contribution in [3.8, 4) is 0 Å². The van der Waals surface area contributed by atoms with E-state index in [1.165, 1.54) is 12.2 Å². The zero-order valence-corrected chi connectivity index (χ0v) is 17.7. The van der Waals surface area contributed by atoms with Crippen molar-refractivity contribution in [2.75, 3.05) is 5.32 Å². The molecular formula is C22H17BrClNO4. The fraction of sp³-hybridized carbons (Fsp3) is 0.0909. The molecule has 29 heavy (non-hydrogen) atoms. The molecule has 5 nitrogen and oxygen atoms in total. The van der Waals surface area contributed by atoms with Crippen molar-refractivity contribution in [1.82, 2.24) is 0 Å². The Labute approximate surface area is 181 Å². The molecule has 2 aromatic carbocycles. The summed E-state index contributed by atoms with van der Waals surface area (Å²) in [5.41, 5.74) is 1.95. The summed E-state index contributed by atoms with van der Waals surface area (Å²) in [5.74, 6) is -0.689. The van der Waals surface area contributed by atoms with Crippen LogP contribution in [-0.2, 0) is 14.3 Å². The standard InChI is InChI=1S/C22H17BrClNO4/c1-14-7-8-16(13-18(14)24)25-22(27)21(15-5-3-2-4-6-15)29-20(26)12-10-17-9-11-19(23)28-17/h2-13,21H,1H3,(H,25,27)/b12-10+/t21-/m0/s1. The summed E-state index contributed by atoms with van der Waals surface area (Å²) in [6.45, 7) is 1.87. The van der Waals surface area contributed by atoms with E-state index < -0.39 is 18.0 Å². The van der Waals surface area contributed by atoms with E-state index in [0.717, 1.165) is 5.56 Å². The summed E-state index contributed by atoms with van der Waals surface area (Å²) in [6.07, 6.45) is 1.54. The second kappa shape index (κ2) is 9.58. The van der Waals surface area contributed by atoms with E-state index in [1.54, 1.807) is 54.6 Å². The molecule has 0 aliphatic carbocycles. The summed E-state index contributed by atoms with van der Waals surface area (Å²) in [7, 11) is 0. The molecule has 1 aromatic heterocycles. The monoisotopic (exact) mass is 473 g/mol. The first-order chi connectivity index (χ1) is 13.9. The van der Waals surface area contributed by atoms with E-state index >= 15 is 0 Å². The molecule has 0 aliphatic rings. The number of benzene rings is 2. The van der Waals surface area contributed by atoms with E-state index in [-0.39, 0.29) is 0 Å². The van der Waals surface area contributed by atoms with E-state index in [4.69, 9.17) is 20.8 Å². The van der Waals surface area contributed by atoms with Crippen LogP contribution in [0.25, 0.3) is 6.08 Å². The summed E-state index contributed by atoms with van der Waals surface area (Å²) >= 11 is 9.31. The summed E-state index contributed by atoms with van der Waals surface area (Å²) in [6, 6.07) is 17.4. The minimum Gasteiger partial charge on any atom is -0.450 e. The Morgan fingerprint density at radius 3 is 2.55 bits per heavy atom. The van der Waals surface area contributed by atoms with Gasteiger partial charge in [-0.2, -0.15) is 0 Å². The first-order valence-corrected chi connectivity index (χ1v) is 9.85. The molecule has 0 saturated carbocycles. The van der Waals surface area contributed by atoms with Crippen LogP contribution in [-0.4, -0.2) is 11.9 Å². The number of rotatable bonds is 6. The van der Waals surface area contributed by atoms with Gasteiger partial charge in [0.1, 0.15) is 5.76 Å². The molecule has 7 heteroatoms. The predicted molar refractivity (Wildman–Crippen MR) is 116 cm³/mol. The van der Waals surface area contributed by atoms with Gasteiger partial charge in [-0.3, -0.25) is 4.79 Å². The highest BCUT2D eigenvalue weighted by molar-refractivity contribution is 9.10. The average Bonchev–Trinajstić information content (AvgIpc) is 3.13. The van der Waals surface area contributed by atoms with Gasteiger partial charge < -0.3 is 14.5 Å². The van der Waals surface area contributed by atoms with Gasteiger partial charge in [0.25, 0.3) is 5.91 Å². The lowest BCUT2D eigenvalue weighted by Gasteiger charge is -2.17. The summed E-state index contributed by atoms with van der Waals surface area (Å²) in [5, 5.41) is 3.27. The highest BCUT2D eigenvalue weighted by atomic mass is 79.9. The van der Waals surface area contributed by atoms with Crippen molar-refractivity contribution in [1.29, 1.82) is 0 Å². The lowest BCUT2D eigenvalue weighted by molar-refractivity contribution is -0.149. The molecular weight excluding hydrogens is 458 g/mol. The van der Waals surface area contributed by atoms with Crippen LogP contribution in [0.15, 0.2) is 75.8 Å². The Kier molecular flexibility index (Phi) is 6.90. The Hall–Kier alpha value is -2.83. The molecule has 3 rings (SSSR count). The number of anilines is 1. The molecule has 1 amide bonds. The molecule has 0 saturated heterocycles. The van der Waals surface area contributed by atoms with Gasteiger partial charge in [-0.15, -0.1) is 0 Å². The van der Waals surface area contributed by atoms with E-state index in [0.29, 0.717) is 26.7 Å². The number of carbonyl (C=O) groups is 2. The highest BCUT2D eigenvalue weighted by Crippen LogP contribution is 2.24. The van der Waals surface area contributed by atoms with Crippen LogP contribution < -0.4 is 5.32 Å². The van der Waals surface area contributed by atoms with Gasteiger partial charge in [0, 0.05) is 22.3 Å². The molecule has 148 valence electrons. The van der Waals surface area contributed by atoms with Gasteiger partial charge >= 0.3 is 5.97 Å². The fourth-order valence-electron chi connectivity index (χ4n) is 2.50. The summed E-state index contributed by atoms with van der Waals surface area (Å²) < 4.78 is 11.3. The predicted octanol–water partition coefficient (Wildman–Crippen LogP) is 5.94. The number of hydrogen-bond donors (Lipinski definition) is 1. The normalized spacial score (nSPS) is 12.0. The maximum Gasteiger partial charge on any atom is 0.332 e. The van der Waals surface area contributed by atoms with Crippen molar-refractivity contribution >= 4 is 51.2 Å². The Morgan fingerprint density at radius 1 is 1.14 bits per heavy atom. The molecule has 0 fully saturated rings. The number of ether oxygens (including phenoxy) is 1. The van der Waals surface area contributed by atoms with Crippen LogP contribution >= 0.6 is 27.5 Å². The van der Waals surface area contributed by atoms with Crippen molar-refractivity contribution in [2.45, 2.75) is 13.0 Å². The van der Waals surface area contributed by atoms with Crippen molar-refractivity contribution in [3.63, 3.8) is 0 Å². The fourth-order valence-corrected chi connectivity index (χ4v) is 3.00. The number of carbonyl (C=O) groups excluding carboxylic acids is 2. The number of aryl methyl sites for hydroxylation is 1. The molecule has 3 aromatic rings. The number of hydrogen-bond acceptors (Lipinski definition) is 4. The summed E-state index contributed by atoms with van der Waals surface area (Å²) in [4.78, 5) is 25.1. The molecule has 0 spiro atoms. The Balaban J connectivity index is 1.77. The first kappa shape index (κ1) is 20.9. The van der Waals surface area contributed by atoms with Crippen molar-refractivity contribution in [3.05, 3.63) is 93.3 Å². The molecule has 1 N–H and O–H groups in total. The van der Waals surface area contributed by atoms with Crippen molar-refractivity contribution < 1.29 is 18.7 Å². The number of furan rings is 1. The smallest absolute Gasteiger partial charge is 0.332 e. The highest BCUT2D eigenvalue weighted by Gasteiger charge is 2.24. The van der Waals surface area contributed by atoms with Crippen LogP contribution in [0.2, 0.25) is 5.02 Å². The van der Waals surface area contributed by atoms with Crippen LogP contribution in [0.1, 0.15) is 23.0 Å². The molecule has 0 radical (unpaired) electrons. The SMILES string of the molecule is Cc1ccc(NC(=O)[C@@H](OC(=O)/C=C/c2ccc(Br)o2)c2ccccc2)cc1Cl. The van der Waals surface area contributed by atoms with Crippen LogP contribution in [0.3, 0.4) is 0 Å². The van der Waals surface area contributed by atoms with Gasteiger partial charge in [0.2, 0.25) is 6.10 Å². The maximum atomic E-state index is 12.8. The lowest BCUT2D eigenvalue weighted by atomic mass is 10.1. The third-order valence-electron chi connectivity index (χ3n) is 3.99. The first-order valence-electron chi connectivity index (χ1n) is 8.68. The maximum absolute atomic E-state index is 12.8. The minimum absolute atomic E-state index is 0.476. The van der Waals surface area contributed by atoms with Gasteiger partial charge in [-0.1, -0.05) is 48.0 Å². The second-order valence-corrected chi connectivity index (χ2v) is 7.34. The minimum atomic E-state index is -1.13. The zero-order chi connectivity index (χ0) is 20.8. The van der Waals surface area contributed by atoms with E-state index in [9.17, 15) is 9.59 Å². The van der Waals surface area contributed by atoms with Gasteiger partial charge in [-0.25, -0.2) is 4.79 Å². The van der Waals surface area contributed by atoms with Gasteiger partial charge in [0.05, 0.1) is 0 Å². The largest absolute Gasteiger partial charge is 0.450 e. The molecule has 1 heterocycles. The van der Waals surface area contributed by atoms with E-state index in [2.05, 4.69) is 21.2 Å². The third kappa shape index (κ3) is 5.82. The number of halogens is 2. The number of amides is 1. The Morgan fingerprint density at radius 2 is 1.90 bits per heavy atom. The zero-order valence-electron chi connectivity index (χ0n) is 15.4. The molecule has 0 bridgehead atoms. The van der Waals surface area contributed by atoms with Crippen LogP contribution in [0, 0.1) is 6.92 Å². The average molecular weight is 475 g/mol. The number of esters is 1. The third-order valence-corrected chi connectivity index (χ3v) is 4.82. The lowest BCUT2D eigenvalue weighted by Crippen LogP contribution is -2.25. The van der Waals surface area contributed by atoms with E-state index in [1.807, 2.05) is 13.0 Å². The van der Waals surface area contributed by atoms with Crippen LogP contribution in [0.4, 0.5) is 5.69 Å². The van der Waals surface area contributed by atoms with Gasteiger partial charge in [0.15, 0.2) is 4.67 Å². The number of nitrogens with one attached hydrogen (secondary N) is 1. The van der Waals surface area contributed by atoms with Gasteiger partial charge in [-0.05, 0) is 58.8 Å². The molecule has 1 atom stereocenters. The quantitative estimate of drug-likeness (QED) is 0.354. The van der Waals surface area contributed by atoms with Crippen molar-refractivity contribution in [2.24, 2.45) is 0 Å². The Bertz CT molecular complexity index is 1050. The molecule has 0 aliphatic heterocycles. The topological polar surface area (TPSA) is 68.5 Å². The second-order valence-electron chi connectivity index (χ2n) is 6.16.